The number of alkyl halides is 3. The molecule has 0 spiro atoms. The summed E-state index contributed by atoms with van der Waals surface area (Å²) in [6, 6.07) is 8.30. The van der Waals surface area contributed by atoms with Gasteiger partial charge in [-0.25, -0.2) is 14.8 Å². The summed E-state index contributed by atoms with van der Waals surface area (Å²) in [6.07, 6.45) is -4.33. The lowest BCUT2D eigenvalue weighted by molar-refractivity contribution is -0.138. The van der Waals surface area contributed by atoms with Crippen LogP contribution in [0.5, 0.6) is 0 Å². The summed E-state index contributed by atoms with van der Waals surface area (Å²) in [7, 11) is 0. The van der Waals surface area contributed by atoms with Gasteiger partial charge in [0.15, 0.2) is 5.76 Å². The Hall–Kier alpha value is -2.87. The van der Waals surface area contributed by atoms with Crippen LogP contribution in [-0.4, -0.2) is 15.9 Å². The summed E-state index contributed by atoms with van der Waals surface area (Å²) in [5.74, 6) is -0.452. The molecule has 0 fully saturated rings. The smallest absolute Gasteiger partial charge is 0.416 e. The number of carbonyl (C=O) groups excluding carboxylic acids is 1. The number of ether oxygens (including phenoxy) is 1. The van der Waals surface area contributed by atoms with Crippen molar-refractivity contribution in [3.8, 4) is 11.5 Å². The third-order valence-corrected chi connectivity index (χ3v) is 4.32. The van der Waals surface area contributed by atoms with Crippen LogP contribution in [0.3, 0.4) is 0 Å². The molecule has 5 nitrogen and oxygen atoms in total. The number of furan rings is 1. The second-order valence-electron chi connectivity index (χ2n) is 5.83. The van der Waals surface area contributed by atoms with Crippen LogP contribution in [0.15, 0.2) is 47.1 Å². The van der Waals surface area contributed by atoms with E-state index in [1.807, 2.05) is 0 Å². The van der Waals surface area contributed by atoms with Gasteiger partial charge in [-0.05, 0) is 35.4 Å². The second kappa shape index (κ2) is 6.38. The number of carbonyl (C=O) groups is 1. The summed E-state index contributed by atoms with van der Waals surface area (Å²) in [5, 5.41) is -0.160. The maximum Gasteiger partial charge on any atom is 0.416 e. The molecule has 0 saturated carbocycles. The molecule has 0 aliphatic carbocycles. The zero-order valence-electron chi connectivity index (χ0n) is 13.5. The lowest BCUT2D eigenvalue weighted by Crippen LogP contribution is -2.12. The number of rotatable bonds is 3. The fraction of sp³-hybridized carbons (Fsp3) is 0.167. The van der Waals surface area contributed by atoms with Gasteiger partial charge < -0.3 is 9.15 Å². The van der Waals surface area contributed by atoms with E-state index in [0.29, 0.717) is 0 Å². The molecule has 1 unspecified atom stereocenters. The van der Waals surface area contributed by atoms with Crippen LogP contribution < -0.4 is 0 Å². The first-order valence-electron chi connectivity index (χ1n) is 7.82. The number of fused-ring (bicyclic) bond motifs is 1. The van der Waals surface area contributed by atoms with Crippen molar-refractivity contribution in [2.75, 3.05) is 0 Å². The molecular weight excluding hydrogens is 385 g/mol. The number of cyclic esters (lactones) is 1. The Morgan fingerprint density at radius 3 is 2.59 bits per heavy atom. The van der Waals surface area contributed by atoms with Crippen LogP contribution in [0.1, 0.15) is 33.3 Å². The van der Waals surface area contributed by atoms with E-state index in [4.69, 9.17) is 20.8 Å². The highest BCUT2D eigenvalue weighted by molar-refractivity contribution is 6.28. The molecule has 0 saturated heterocycles. The van der Waals surface area contributed by atoms with E-state index in [9.17, 15) is 18.0 Å². The van der Waals surface area contributed by atoms with Crippen molar-refractivity contribution in [1.29, 1.82) is 0 Å². The monoisotopic (exact) mass is 394 g/mol. The molecule has 1 aliphatic rings. The molecule has 27 heavy (non-hydrogen) atoms. The van der Waals surface area contributed by atoms with Gasteiger partial charge in [-0.2, -0.15) is 13.2 Å². The zero-order chi connectivity index (χ0) is 19.2. The average Bonchev–Trinajstić information content (AvgIpc) is 3.23. The molecule has 3 aromatic rings. The van der Waals surface area contributed by atoms with E-state index in [0.717, 1.165) is 6.07 Å². The largest absolute Gasteiger partial charge is 0.463 e. The number of aromatic nitrogens is 2. The number of halogens is 4. The molecule has 9 heteroatoms. The fourth-order valence-electron chi connectivity index (χ4n) is 3.03. The van der Waals surface area contributed by atoms with E-state index in [-0.39, 0.29) is 40.0 Å². The van der Waals surface area contributed by atoms with Gasteiger partial charge in [-0.15, -0.1) is 0 Å². The molecular formula is C18H10ClF3N2O3. The Balaban J connectivity index is 1.78. The zero-order valence-corrected chi connectivity index (χ0v) is 14.2. The Bertz CT molecular complexity index is 1020. The SMILES string of the molecule is O=C1OC(Cc2ccccc2C(F)(F)F)c2nc(Cl)nc(-c3ccco3)c21. The number of hydrogen-bond acceptors (Lipinski definition) is 5. The van der Waals surface area contributed by atoms with Crippen LogP contribution in [0.25, 0.3) is 11.5 Å². The first kappa shape index (κ1) is 17.5. The quantitative estimate of drug-likeness (QED) is 0.468. The first-order valence-corrected chi connectivity index (χ1v) is 8.20. The van der Waals surface area contributed by atoms with Crippen molar-refractivity contribution in [3.05, 3.63) is 70.3 Å². The van der Waals surface area contributed by atoms with Crippen molar-refractivity contribution in [1.82, 2.24) is 9.97 Å². The molecule has 2 aromatic heterocycles. The van der Waals surface area contributed by atoms with Gasteiger partial charge in [0, 0.05) is 6.42 Å². The Labute approximate surface area is 155 Å². The van der Waals surface area contributed by atoms with Crippen LogP contribution in [0, 0.1) is 0 Å². The summed E-state index contributed by atoms with van der Waals surface area (Å²) in [4.78, 5) is 20.4. The van der Waals surface area contributed by atoms with Crippen LogP contribution in [0.4, 0.5) is 13.2 Å². The van der Waals surface area contributed by atoms with Gasteiger partial charge in [-0.3, -0.25) is 0 Å². The molecule has 0 N–H and O–H groups in total. The molecule has 1 aromatic carbocycles. The minimum atomic E-state index is -4.52. The maximum atomic E-state index is 13.2. The molecule has 0 bridgehead atoms. The van der Waals surface area contributed by atoms with E-state index < -0.39 is 23.8 Å². The topological polar surface area (TPSA) is 65.2 Å². The molecule has 3 heterocycles. The molecule has 4 rings (SSSR count). The lowest BCUT2D eigenvalue weighted by Gasteiger charge is -2.15. The minimum absolute atomic E-state index is 0.00932. The van der Waals surface area contributed by atoms with Gasteiger partial charge in [-0.1, -0.05) is 18.2 Å². The number of hydrogen-bond donors (Lipinski definition) is 0. The van der Waals surface area contributed by atoms with Gasteiger partial charge in [0.05, 0.1) is 11.8 Å². The Morgan fingerprint density at radius 2 is 1.89 bits per heavy atom. The van der Waals surface area contributed by atoms with Crippen LogP contribution in [-0.2, 0) is 17.3 Å². The summed E-state index contributed by atoms with van der Waals surface area (Å²) >= 11 is 5.95. The van der Waals surface area contributed by atoms with Crippen molar-refractivity contribution >= 4 is 17.6 Å². The third-order valence-electron chi connectivity index (χ3n) is 4.15. The highest BCUT2D eigenvalue weighted by Crippen LogP contribution is 2.40. The maximum absolute atomic E-state index is 13.2. The summed E-state index contributed by atoms with van der Waals surface area (Å²) < 4.78 is 50.3. The van der Waals surface area contributed by atoms with Crippen LogP contribution >= 0.6 is 11.6 Å². The average molecular weight is 395 g/mol. The number of nitrogens with zero attached hydrogens (tertiary/aromatic N) is 2. The minimum Gasteiger partial charge on any atom is -0.463 e. The van der Waals surface area contributed by atoms with Crippen molar-refractivity contribution < 1.29 is 27.1 Å². The van der Waals surface area contributed by atoms with Gasteiger partial charge in [0.2, 0.25) is 5.28 Å². The standard InChI is InChI=1S/C18H10ClF3N2O3/c19-17-23-14(11-6-3-7-26-11)13-15(24-17)12(27-16(13)25)8-9-4-1-2-5-10(9)18(20,21)22/h1-7,12H,8H2. The molecule has 1 aliphatic heterocycles. The summed E-state index contributed by atoms with van der Waals surface area (Å²) in [6.45, 7) is 0. The van der Waals surface area contributed by atoms with Crippen molar-refractivity contribution in [3.63, 3.8) is 0 Å². The third kappa shape index (κ3) is 3.16. The summed E-state index contributed by atoms with van der Waals surface area (Å²) in [5.41, 5.74) is -0.468. The van der Waals surface area contributed by atoms with E-state index >= 15 is 0 Å². The van der Waals surface area contributed by atoms with Gasteiger partial charge in [0.1, 0.15) is 23.1 Å². The van der Waals surface area contributed by atoms with E-state index in [1.165, 1.54) is 24.5 Å². The molecule has 138 valence electrons. The molecule has 1 atom stereocenters. The van der Waals surface area contributed by atoms with Crippen molar-refractivity contribution in [2.24, 2.45) is 0 Å². The van der Waals surface area contributed by atoms with Crippen LogP contribution in [0.2, 0.25) is 5.28 Å². The lowest BCUT2D eigenvalue weighted by atomic mass is 9.98. The van der Waals surface area contributed by atoms with Gasteiger partial charge in [0.25, 0.3) is 0 Å². The Morgan fingerprint density at radius 1 is 1.11 bits per heavy atom. The second-order valence-corrected chi connectivity index (χ2v) is 6.17. The molecule has 0 radical (unpaired) electrons. The number of benzene rings is 1. The highest BCUT2D eigenvalue weighted by atomic mass is 35.5. The Kier molecular flexibility index (Phi) is 4.15. The number of esters is 1. The fourth-order valence-corrected chi connectivity index (χ4v) is 3.21. The van der Waals surface area contributed by atoms with E-state index in [2.05, 4.69) is 9.97 Å². The van der Waals surface area contributed by atoms with Gasteiger partial charge >= 0.3 is 12.1 Å². The van der Waals surface area contributed by atoms with E-state index in [1.54, 1.807) is 12.1 Å². The van der Waals surface area contributed by atoms with Crippen molar-refractivity contribution in [2.45, 2.75) is 18.7 Å². The highest BCUT2D eigenvalue weighted by Gasteiger charge is 2.40. The normalized spacial score (nSPS) is 16.3. The predicted octanol–water partition coefficient (Wildman–Crippen LogP) is 4.86. The molecule has 0 amide bonds. The predicted molar refractivity (Wildman–Crippen MR) is 88.0 cm³/mol. The first-order chi connectivity index (χ1) is 12.8.